The van der Waals surface area contributed by atoms with E-state index < -0.39 is 0 Å². The van der Waals surface area contributed by atoms with Gasteiger partial charge in [-0.2, -0.15) is 0 Å². The number of Topliss-reactive ketones (excluding diaryl/α,β-unsaturated/α-hetero) is 1. The molecule has 3 nitrogen and oxygen atoms in total. The Morgan fingerprint density at radius 3 is 3.00 bits per heavy atom. The highest BCUT2D eigenvalue weighted by Gasteiger charge is 2.61. The lowest BCUT2D eigenvalue weighted by Gasteiger charge is -2.36. The Morgan fingerprint density at radius 2 is 2.33 bits per heavy atom. The molecule has 1 aromatic carbocycles. The van der Waals surface area contributed by atoms with Gasteiger partial charge in [0.2, 0.25) is 0 Å². The van der Waals surface area contributed by atoms with Crippen LogP contribution in [0.4, 0.5) is 0 Å². The van der Waals surface area contributed by atoms with Crippen molar-refractivity contribution in [1.29, 1.82) is 0 Å². The van der Waals surface area contributed by atoms with Gasteiger partial charge in [-0.3, -0.25) is 4.79 Å². The second kappa shape index (κ2) is 3.28. The molecule has 2 aliphatic carbocycles. The summed E-state index contributed by atoms with van der Waals surface area (Å²) in [7, 11) is 1.61. The molecule has 1 spiro atoms. The van der Waals surface area contributed by atoms with Crippen LogP contribution in [-0.4, -0.2) is 18.5 Å². The molecule has 4 rings (SSSR count). The minimum Gasteiger partial charge on any atom is -0.497 e. The van der Waals surface area contributed by atoms with Gasteiger partial charge in [0.1, 0.15) is 17.1 Å². The number of carbonyl (C=O) groups is 1. The molecule has 0 aromatic heterocycles. The second-order valence-electron chi connectivity index (χ2n) is 5.77. The fraction of sp³-hybridized carbons (Fsp3) is 0.533. The van der Waals surface area contributed by atoms with Gasteiger partial charge in [0.25, 0.3) is 0 Å². The summed E-state index contributed by atoms with van der Waals surface area (Å²) in [6.45, 7) is 0. The number of hydrogen-bond acceptors (Lipinski definition) is 3. The van der Waals surface area contributed by atoms with E-state index in [9.17, 15) is 4.79 Å². The van der Waals surface area contributed by atoms with Crippen LogP contribution in [0.15, 0.2) is 18.2 Å². The highest BCUT2D eigenvalue weighted by Crippen LogP contribution is 2.61. The zero-order chi connectivity index (χ0) is 12.3. The van der Waals surface area contributed by atoms with Crippen molar-refractivity contribution < 1.29 is 14.3 Å². The van der Waals surface area contributed by atoms with Crippen molar-refractivity contribution in [2.75, 3.05) is 7.11 Å². The number of benzene rings is 1. The van der Waals surface area contributed by atoms with Gasteiger partial charge in [-0.25, -0.2) is 0 Å². The van der Waals surface area contributed by atoms with Gasteiger partial charge in [0.05, 0.1) is 19.1 Å². The maximum atomic E-state index is 12.3. The number of carbonyl (C=O) groups excluding carboxylic acids is 1. The SMILES string of the molecule is COc1ccc2c(c1)C(=O)CC1(CCC3CC31)O2. The fourth-order valence-electron chi connectivity index (χ4n) is 3.74. The lowest BCUT2D eigenvalue weighted by Crippen LogP contribution is -2.42. The van der Waals surface area contributed by atoms with E-state index >= 15 is 0 Å². The molecule has 3 atom stereocenters. The monoisotopic (exact) mass is 244 g/mol. The molecule has 0 saturated heterocycles. The van der Waals surface area contributed by atoms with Crippen molar-refractivity contribution in [3.63, 3.8) is 0 Å². The summed E-state index contributed by atoms with van der Waals surface area (Å²) in [5.74, 6) is 3.12. The smallest absolute Gasteiger partial charge is 0.170 e. The summed E-state index contributed by atoms with van der Waals surface area (Å²) >= 11 is 0. The van der Waals surface area contributed by atoms with Gasteiger partial charge >= 0.3 is 0 Å². The first-order valence-electron chi connectivity index (χ1n) is 6.62. The normalized spacial score (nSPS) is 35.9. The lowest BCUT2D eigenvalue weighted by molar-refractivity contribution is 0.0297. The molecule has 2 saturated carbocycles. The maximum Gasteiger partial charge on any atom is 0.170 e. The molecule has 1 heterocycles. The second-order valence-corrected chi connectivity index (χ2v) is 5.77. The zero-order valence-electron chi connectivity index (χ0n) is 10.4. The van der Waals surface area contributed by atoms with Gasteiger partial charge in [0.15, 0.2) is 5.78 Å². The number of ether oxygens (including phenoxy) is 2. The average Bonchev–Trinajstić information content (AvgIpc) is 3.10. The van der Waals surface area contributed by atoms with Crippen LogP contribution in [0.3, 0.4) is 0 Å². The van der Waals surface area contributed by atoms with Crippen molar-refractivity contribution in [2.45, 2.75) is 31.3 Å². The molecule has 1 aliphatic heterocycles. The summed E-state index contributed by atoms with van der Waals surface area (Å²) < 4.78 is 11.4. The zero-order valence-corrected chi connectivity index (χ0v) is 10.4. The van der Waals surface area contributed by atoms with Crippen molar-refractivity contribution >= 4 is 5.78 Å². The summed E-state index contributed by atoms with van der Waals surface area (Å²) in [5, 5.41) is 0. The molecule has 1 aromatic rings. The van der Waals surface area contributed by atoms with Crippen molar-refractivity contribution in [3.05, 3.63) is 23.8 Å². The number of ketones is 1. The first-order chi connectivity index (χ1) is 8.72. The molecular formula is C15H16O3. The van der Waals surface area contributed by atoms with Gasteiger partial charge in [-0.15, -0.1) is 0 Å². The van der Waals surface area contributed by atoms with Crippen LogP contribution in [0.1, 0.15) is 36.0 Å². The van der Waals surface area contributed by atoms with Crippen LogP contribution in [0.5, 0.6) is 11.5 Å². The Bertz CT molecular complexity index is 537. The average molecular weight is 244 g/mol. The number of methoxy groups -OCH3 is 1. The van der Waals surface area contributed by atoms with Crippen molar-refractivity contribution in [2.24, 2.45) is 11.8 Å². The minimum absolute atomic E-state index is 0.177. The first kappa shape index (κ1) is 10.4. The largest absolute Gasteiger partial charge is 0.497 e. The summed E-state index contributed by atoms with van der Waals surface area (Å²) in [5.41, 5.74) is 0.507. The first-order valence-corrected chi connectivity index (χ1v) is 6.62. The number of hydrogen-bond donors (Lipinski definition) is 0. The molecule has 0 N–H and O–H groups in total. The standard InChI is InChI=1S/C15H16O3/c1-17-10-2-3-14-11(7-10)13(16)8-15(18-14)5-4-9-6-12(9)15/h2-3,7,9,12H,4-6,8H2,1H3. The molecule has 18 heavy (non-hydrogen) atoms. The highest BCUT2D eigenvalue weighted by molar-refractivity contribution is 6.00. The Labute approximate surface area is 106 Å². The number of fused-ring (bicyclic) bond motifs is 3. The third kappa shape index (κ3) is 1.27. The predicted octanol–water partition coefficient (Wildman–Crippen LogP) is 2.83. The van der Waals surface area contributed by atoms with Gasteiger partial charge in [0, 0.05) is 5.92 Å². The molecule has 2 fully saturated rings. The van der Waals surface area contributed by atoms with Crippen LogP contribution in [0.2, 0.25) is 0 Å². The molecule has 3 aliphatic rings. The van der Waals surface area contributed by atoms with Gasteiger partial charge in [-0.1, -0.05) is 0 Å². The summed E-state index contributed by atoms with van der Waals surface area (Å²) in [4.78, 5) is 12.3. The van der Waals surface area contributed by atoms with Crippen LogP contribution in [0, 0.1) is 11.8 Å². The maximum absolute atomic E-state index is 12.3. The Morgan fingerprint density at radius 1 is 1.44 bits per heavy atom. The third-order valence-corrected chi connectivity index (χ3v) is 4.80. The molecule has 94 valence electrons. The van der Waals surface area contributed by atoms with E-state index in [-0.39, 0.29) is 11.4 Å². The summed E-state index contributed by atoms with van der Waals surface area (Å²) in [6, 6.07) is 5.54. The van der Waals surface area contributed by atoms with Crippen LogP contribution < -0.4 is 9.47 Å². The molecule has 0 bridgehead atoms. The quantitative estimate of drug-likeness (QED) is 0.762. The van der Waals surface area contributed by atoms with E-state index in [1.54, 1.807) is 13.2 Å². The van der Waals surface area contributed by atoms with Gasteiger partial charge in [-0.05, 0) is 43.4 Å². The van der Waals surface area contributed by atoms with E-state index in [4.69, 9.17) is 9.47 Å². The Balaban J connectivity index is 1.75. The van der Waals surface area contributed by atoms with Crippen LogP contribution >= 0.6 is 0 Å². The van der Waals surface area contributed by atoms with E-state index in [2.05, 4.69) is 0 Å². The lowest BCUT2D eigenvalue weighted by atomic mass is 9.86. The van der Waals surface area contributed by atoms with Crippen LogP contribution in [0.25, 0.3) is 0 Å². The van der Waals surface area contributed by atoms with E-state index in [1.165, 1.54) is 12.8 Å². The van der Waals surface area contributed by atoms with Crippen molar-refractivity contribution in [3.8, 4) is 11.5 Å². The topological polar surface area (TPSA) is 35.5 Å². The summed E-state index contributed by atoms with van der Waals surface area (Å²) in [6.07, 6.45) is 4.07. The van der Waals surface area contributed by atoms with E-state index in [1.807, 2.05) is 12.1 Å². The van der Waals surface area contributed by atoms with E-state index in [0.717, 1.165) is 23.8 Å². The van der Waals surface area contributed by atoms with E-state index in [0.29, 0.717) is 17.9 Å². The Kier molecular flexibility index (Phi) is 1.90. The molecule has 0 amide bonds. The molecular weight excluding hydrogens is 228 g/mol. The molecule has 3 heteroatoms. The third-order valence-electron chi connectivity index (χ3n) is 4.80. The number of rotatable bonds is 1. The van der Waals surface area contributed by atoms with Gasteiger partial charge < -0.3 is 9.47 Å². The Hall–Kier alpha value is -1.51. The fourth-order valence-corrected chi connectivity index (χ4v) is 3.74. The molecule has 3 unspecified atom stereocenters. The predicted molar refractivity (Wildman–Crippen MR) is 66.1 cm³/mol. The van der Waals surface area contributed by atoms with Crippen molar-refractivity contribution in [1.82, 2.24) is 0 Å². The highest BCUT2D eigenvalue weighted by atomic mass is 16.5. The minimum atomic E-state index is -0.177. The molecule has 0 radical (unpaired) electrons. The van der Waals surface area contributed by atoms with Crippen LogP contribution in [-0.2, 0) is 0 Å².